The largest absolute Gasteiger partial charge is 0.490 e. The van der Waals surface area contributed by atoms with E-state index in [1.807, 2.05) is 48.4 Å². The first kappa shape index (κ1) is 19.0. The van der Waals surface area contributed by atoms with Crippen molar-refractivity contribution in [3.8, 4) is 11.5 Å². The topological polar surface area (TPSA) is 30.9 Å². The predicted octanol–water partition coefficient (Wildman–Crippen LogP) is 4.96. The lowest BCUT2D eigenvalue weighted by atomic mass is 9.95. The highest BCUT2D eigenvalue weighted by molar-refractivity contribution is 6.30. The van der Waals surface area contributed by atoms with Gasteiger partial charge in [0.05, 0.1) is 13.2 Å². The first-order valence-corrected chi connectivity index (χ1v) is 9.59. The van der Waals surface area contributed by atoms with Gasteiger partial charge in [0.25, 0.3) is 0 Å². The summed E-state index contributed by atoms with van der Waals surface area (Å²) < 4.78 is 11.6. The lowest BCUT2D eigenvalue weighted by molar-refractivity contribution is -0.187. The van der Waals surface area contributed by atoms with Crippen molar-refractivity contribution >= 4 is 11.6 Å². The van der Waals surface area contributed by atoms with E-state index in [0.717, 1.165) is 48.9 Å². The lowest BCUT2D eigenvalue weighted by Crippen LogP contribution is -2.32. The van der Waals surface area contributed by atoms with Crippen LogP contribution in [0.4, 0.5) is 0 Å². The van der Waals surface area contributed by atoms with Crippen molar-refractivity contribution in [1.29, 1.82) is 0 Å². The van der Waals surface area contributed by atoms with Crippen LogP contribution in [-0.4, -0.2) is 31.6 Å². The monoisotopic (exact) mass is 375 g/mol. The van der Waals surface area contributed by atoms with E-state index >= 15 is 0 Å². The van der Waals surface area contributed by atoms with Gasteiger partial charge in [-0.25, -0.2) is 0 Å². The number of ether oxygens (including phenoxy) is 2. The van der Waals surface area contributed by atoms with Crippen molar-refractivity contribution < 1.29 is 14.3 Å². The normalized spacial score (nSPS) is 18.3. The highest BCUT2D eigenvalue weighted by Gasteiger charge is 2.20. The summed E-state index contributed by atoms with van der Waals surface area (Å²) in [6, 6.07) is 15.9. The molecule has 2 aromatic carbocycles. The molecule has 1 aliphatic heterocycles. The molecular formula is C21H26ClNO3. The van der Waals surface area contributed by atoms with Gasteiger partial charge in [0, 0.05) is 11.6 Å². The van der Waals surface area contributed by atoms with E-state index in [0.29, 0.717) is 19.3 Å². The number of hydrogen-bond acceptors (Lipinski definition) is 4. The third-order valence-electron chi connectivity index (χ3n) is 4.44. The van der Waals surface area contributed by atoms with Crippen molar-refractivity contribution in [2.24, 2.45) is 5.92 Å². The average Bonchev–Trinajstić information content (AvgIpc) is 2.88. The van der Waals surface area contributed by atoms with E-state index < -0.39 is 0 Å². The summed E-state index contributed by atoms with van der Waals surface area (Å²) in [6.45, 7) is 4.55. The summed E-state index contributed by atoms with van der Waals surface area (Å²) in [6.07, 6.45) is 3.23. The van der Waals surface area contributed by atoms with Crippen LogP contribution in [0.25, 0.3) is 0 Å². The zero-order valence-electron chi connectivity index (χ0n) is 15.2. The molecule has 1 atom stereocenters. The Balaban J connectivity index is 1.56. The number of benzene rings is 2. The zero-order valence-corrected chi connectivity index (χ0v) is 16.0. The van der Waals surface area contributed by atoms with Crippen LogP contribution in [0.5, 0.6) is 11.5 Å². The molecule has 0 aliphatic carbocycles. The Morgan fingerprint density at radius 2 is 1.81 bits per heavy atom. The Morgan fingerprint density at radius 3 is 2.54 bits per heavy atom. The Morgan fingerprint density at radius 1 is 1.08 bits per heavy atom. The molecule has 1 unspecified atom stereocenters. The highest BCUT2D eigenvalue weighted by Crippen LogP contribution is 2.27. The molecule has 0 amide bonds. The van der Waals surface area contributed by atoms with Gasteiger partial charge < -0.3 is 9.47 Å². The van der Waals surface area contributed by atoms with Crippen molar-refractivity contribution in [3.63, 3.8) is 0 Å². The number of nitrogens with zero attached hydrogens (tertiary/aromatic N) is 1. The minimum atomic E-state index is 0.390. The van der Waals surface area contributed by atoms with Crippen molar-refractivity contribution in [1.82, 2.24) is 5.06 Å². The van der Waals surface area contributed by atoms with Crippen molar-refractivity contribution in [2.45, 2.75) is 26.2 Å². The van der Waals surface area contributed by atoms with E-state index in [2.05, 4.69) is 12.1 Å². The summed E-state index contributed by atoms with van der Waals surface area (Å²) in [5, 5.41) is 2.71. The molecule has 26 heavy (non-hydrogen) atoms. The summed E-state index contributed by atoms with van der Waals surface area (Å²) in [4.78, 5) is 5.86. The van der Waals surface area contributed by atoms with Crippen LogP contribution in [0.3, 0.4) is 0 Å². The van der Waals surface area contributed by atoms with Crippen molar-refractivity contribution in [3.05, 3.63) is 59.1 Å². The molecule has 1 aliphatic rings. The van der Waals surface area contributed by atoms with Crippen LogP contribution in [0.15, 0.2) is 48.5 Å². The molecular weight excluding hydrogens is 350 g/mol. The fourth-order valence-electron chi connectivity index (χ4n) is 3.19. The third kappa shape index (κ3) is 5.63. The Labute approximate surface area is 160 Å². The predicted molar refractivity (Wildman–Crippen MR) is 104 cm³/mol. The molecule has 5 heteroatoms. The first-order chi connectivity index (χ1) is 12.7. The van der Waals surface area contributed by atoms with Gasteiger partial charge in [-0.15, -0.1) is 0 Å². The van der Waals surface area contributed by atoms with Gasteiger partial charge in [0.2, 0.25) is 0 Å². The minimum absolute atomic E-state index is 0.390. The lowest BCUT2D eigenvalue weighted by Gasteiger charge is -2.23. The fraction of sp³-hybridized carbons (Fsp3) is 0.429. The molecule has 1 fully saturated rings. The third-order valence-corrected chi connectivity index (χ3v) is 4.70. The second-order valence-corrected chi connectivity index (χ2v) is 6.93. The average molecular weight is 376 g/mol. The Kier molecular flexibility index (Phi) is 7.18. The summed E-state index contributed by atoms with van der Waals surface area (Å²) >= 11 is 5.98. The van der Waals surface area contributed by atoms with E-state index in [1.165, 1.54) is 5.56 Å². The fourth-order valence-corrected chi connectivity index (χ4v) is 3.32. The standard InChI is InChI=1S/C21H26ClNO3/c1-2-24-20-7-3-4-8-21(20)25-16-23-15-18(6-5-13-26-23)14-17-9-11-19(22)12-10-17/h3-4,7-12,18H,2,5-6,13-16H2,1H3. The first-order valence-electron chi connectivity index (χ1n) is 9.21. The molecule has 0 aromatic heterocycles. The van der Waals surface area contributed by atoms with Gasteiger partial charge in [0.1, 0.15) is 0 Å². The smallest absolute Gasteiger partial charge is 0.164 e. The van der Waals surface area contributed by atoms with Gasteiger partial charge >= 0.3 is 0 Å². The van der Waals surface area contributed by atoms with E-state index in [-0.39, 0.29) is 0 Å². The summed E-state index contributed by atoms with van der Waals surface area (Å²) in [7, 11) is 0. The minimum Gasteiger partial charge on any atom is -0.490 e. The molecule has 0 N–H and O–H groups in total. The van der Waals surface area contributed by atoms with Gasteiger partial charge in [-0.05, 0) is 61.9 Å². The van der Waals surface area contributed by atoms with Crippen LogP contribution in [0.2, 0.25) is 5.02 Å². The maximum atomic E-state index is 5.98. The zero-order chi connectivity index (χ0) is 18.2. The van der Waals surface area contributed by atoms with Gasteiger partial charge in [0.15, 0.2) is 18.2 Å². The van der Waals surface area contributed by atoms with Crippen LogP contribution >= 0.6 is 11.6 Å². The van der Waals surface area contributed by atoms with Crippen LogP contribution < -0.4 is 9.47 Å². The molecule has 4 nitrogen and oxygen atoms in total. The number of hydrogen-bond donors (Lipinski definition) is 0. The second-order valence-electron chi connectivity index (χ2n) is 6.49. The van der Waals surface area contributed by atoms with Gasteiger partial charge in [-0.1, -0.05) is 35.9 Å². The molecule has 0 bridgehead atoms. The number of rotatable bonds is 7. The molecule has 1 saturated heterocycles. The van der Waals surface area contributed by atoms with Gasteiger partial charge in [-0.2, -0.15) is 5.06 Å². The summed E-state index contributed by atoms with van der Waals surface area (Å²) in [5.74, 6) is 2.04. The molecule has 0 radical (unpaired) electrons. The molecule has 3 rings (SSSR count). The second kappa shape index (κ2) is 9.81. The van der Waals surface area contributed by atoms with Crippen LogP contribution in [0, 0.1) is 5.92 Å². The molecule has 0 saturated carbocycles. The molecule has 1 heterocycles. The quantitative estimate of drug-likeness (QED) is 0.684. The summed E-state index contributed by atoms with van der Waals surface area (Å²) in [5.41, 5.74) is 1.31. The van der Waals surface area contributed by atoms with Crippen LogP contribution in [-0.2, 0) is 11.3 Å². The van der Waals surface area contributed by atoms with Gasteiger partial charge in [-0.3, -0.25) is 4.84 Å². The number of para-hydroxylation sites is 2. The SMILES string of the molecule is CCOc1ccccc1OCN1CC(Cc2ccc(Cl)cc2)CCCO1. The van der Waals surface area contributed by atoms with Crippen molar-refractivity contribution in [2.75, 3.05) is 26.5 Å². The van der Waals surface area contributed by atoms with E-state index in [1.54, 1.807) is 0 Å². The Bertz CT molecular complexity index is 677. The number of halogens is 1. The van der Waals surface area contributed by atoms with E-state index in [9.17, 15) is 0 Å². The maximum Gasteiger partial charge on any atom is 0.164 e. The Hall–Kier alpha value is -1.75. The highest BCUT2D eigenvalue weighted by atomic mass is 35.5. The molecule has 140 valence electrons. The molecule has 0 spiro atoms. The maximum absolute atomic E-state index is 5.98. The van der Waals surface area contributed by atoms with Crippen LogP contribution in [0.1, 0.15) is 25.3 Å². The number of hydroxylamine groups is 2. The molecule has 2 aromatic rings. The van der Waals surface area contributed by atoms with E-state index in [4.69, 9.17) is 25.9 Å².